The average Bonchev–Trinajstić information content (AvgIpc) is 3.14. The lowest BCUT2D eigenvalue weighted by atomic mass is 10.1. The highest BCUT2D eigenvalue weighted by molar-refractivity contribution is 5.72. The molecule has 0 saturated carbocycles. The molecule has 0 spiro atoms. The number of unbranched alkanes of at least 4 members (excludes halogenated alkanes) is 11. The van der Waals surface area contributed by atoms with Crippen molar-refractivity contribution >= 4 is 17.9 Å². The van der Waals surface area contributed by atoms with E-state index in [2.05, 4.69) is 80.7 Å². The van der Waals surface area contributed by atoms with Crippen molar-refractivity contribution in [3.05, 3.63) is 72.9 Å². The van der Waals surface area contributed by atoms with Crippen LogP contribution in [-0.4, -0.2) is 80.6 Å². The predicted molar refractivity (Wildman–Crippen MR) is 229 cm³/mol. The van der Waals surface area contributed by atoms with Gasteiger partial charge in [-0.05, 0) is 70.6 Å². The van der Waals surface area contributed by atoms with E-state index >= 15 is 0 Å². The summed E-state index contributed by atoms with van der Waals surface area (Å²) in [6.45, 7) is 4.50. The number of carbonyl (C=O) groups excluding carboxylic acids is 2. The van der Waals surface area contributed by atoms with Gasteiger partial charge in [0.2, 0.25) is 0 Å². The van der Waals surface area contributed by atoms with E-state index in [0.29, 0.717) is 19.3 Å². The molecule has 0 fully saturated rings. The lowest BCUT2D eigenvalue weighted by molar-refractivity contribution is -0.887. The monoisotopic (exact) mass is 771 g/mol. The van der Waals surface area contributed by atoms with E-state index in [1.54, 1.807) is 0 Å². The second-order valence-corrected chi connectivity index (χ2v) is 15.2. The minimum absolute atomic E-state index is 0.0385. The van der Waals surface area contributed by atoms with Gasteiger partial charge in [-0.3, -0.25) is 9.59 Å². The number of esters is 2. The van der Waals surface area contributed by atoms with E-state index in [1.165, 1.54) is 44.9 Å². The maximum Gasteiger partial charge on any atom is 0.362 e. The topological polar surface area (TPSA) is 99.1 Å². The van der Waals surface area contributed by atoms with Gasteiger partial charge in [0.15, 0.2) is 12.1 Å². The Hall–Kier alpha value is -3.23. The molecule has 0 rings (SSSR count). The molecule has 0 amide bonds. The first kappa shape index (κ1) is 51.8. The summed E-state index contributed by atoms with van der Waals surface area (Å²) in [7, 11) is 5.49. The van der Waals surface area contributed by atoms with Crippen molar-refractivity contribution in [3.63, 3.8) is 0 Å². The number of carbonyl (C=O) groups is 3. The SMILES string of the molecule is CC/C=C/C/C=C/C/C=C/C/C=C/C/C=C/CCCCCCCCCC(=O)OCC(COCCC(C(=O)O)[N+](C)(C)C)OC(=O)CC/C=C/CCCCCC. The summed E-state index contributed by atoms with van der Waals surface area (Å²) >= 11 is 0. The minimum Gasteiger partial charge on any atom is -0.477 e. The second-order valence-electron chi connectivity index (χ2n) is 15.2. The Morgan fingerprint density at radius 1 is 0.564 bits per heavy atom. The number of rotatable bonds is 37. The van der Waals surface area contributed by atoms with Crippen LogP contribution in [0.5, 0.6) is 0 Å². The van der Waals surface area contributed by atoms with Crippen LogP contribution in [0.4, 0.5) is 0 Å². The van der Waals surface area contributed by atoms with Crippen molar-refractivity contribution in [2.24, 2.45) is 0 Å². The quantitative estimate of drug-likeness (QED) is 0.0291. The summed E-state index contributed by atoms with van der Waals surface area (Å²) in [5, 5.41) is 9.59. The molecule has 0 radical (unpaired) electrons. The average molecular weight is 771 g/mol. The fourth-order valence-corrected chi connectivity index (χ4v) is 5.78. The molecule has 0 saturated heterocycles. The van der Waals surface area contributed by atoms with E-state index < -0.39 is 18.1 Å². The molecule has 2 unspecified atom stereocenters. The molecule has 0 aromatic carbocycles. The number of carboxylic acid groups (broad SMARTS) is 1. The molecule has 0 aliphatic carbocycles. The number of quaternary nitrogens is 1. The van der Waals surface area contributed by atoms with E-state index in [4.69, 9.17) is 14.2 Å². The summed E-state index contributed by atoms with van der Waals surface area (Å²) in [6.07, 6.45) is 46.9. The molecule has 1 N–H and O–H groups in total. The molecule has 0 bridgehead atoms. The lowest BCUT2D eigenvalue weighted by Gasteiger charge is -2.31. The van der Waals surface area contributed by atoms with Crippen LogP contribution in [0.25, 0.3) is 0 Å². The molecule has 314 valence electrons. The number of carboxylic acids is 1. The maximum absolute atomic E-state index is 12.6. The first-order valence-electron chi connectivity index (χ1n) is 21.5. The standard InChI is InChI=1S/C47H79NO7/c1-6-8-10-12-14-16-17-18-19-20-21-22-23-24-25-26-27-28-29-30-32-33-35-37-45(49)54-42-43(41-53-40-39-44(47(51)52)48(3,4)5)55-46(50)38-36-34-31-15-13-11-9-7-2/h8,10,14,16,18-19,21-22,24-25,31,34,43-44H,6-7,9,11-13,15,17,20,23,26-30,32-33,35-42H2,1-5H3/p+1/b10-8+,16-14+,19-18+,22-21+,25-24+,34-31+. The van der Waals surface area contributed by atoms with Gasteiger partial charge in [0, 0.05) is 19.3 Å². The zero-order chi connectivity index (χ0) is 40.7. The van der Waals surface area contributed by atoms with Gasteiger partial charge in [0.05, 0.1) is 34.4 Å². The van der Waals surface area contributed by atoms with Crippen molar-refractivity contribution in [3.8, 4) is 0 Å². The van der Waals surface area contributed by atoms with Gasteiger partial charge in [-0.15, -0.1) is 0 Å². The van der Waals surface area contributed by atoms with Gasteiger partial charge in [-0.25, -0.2) is 4.79 Å². The zero-order valence-electron chi connectivity index (χ0n) is 35.6. The fourth-order valence-electron chi connectivity index (χ4n) is 5.78. The number of likely N-dealkylation sites (N-methyl/N-ethyl adjacent to an activating group) is 1. The highest BCUT2D eigenvalue weighted by Crippen LogP contribution is 2.12. The van der Waals surface area contributed by atoms with Gasteiger partial charge < -0.3 is 23.8 Å². The molecule has 0 heterocycles. The summed E-state index contributed by atoms with van der Waals surface area (Å²) in [4.78, 5) is 36.8. The molecule has 2 atom stereocenters. The Morgan fingerprint density at radius 2 is 1.05 bits per heavy atom. The van der Waals surface area contributed by atoms with Crippen LogP contribution >= 0.6 is 0 Å². The highest BCUT2D eigenvalue weighted by atomic mass is 16.6. The summed E-state index contributed by atoms with van der Waals surface area (Å²) in [5.41, 5.74) is 0. The van der Waals surface area contributed by atoms with Crippen LogP contribution in [0, 0.1) is 0 Å². The Labute approximate surface area is 336 Å². The molecular weight excluding hydrogens is 691 g/mol. The fraction of sp³-hybridized carbons (Fsp3) is 0.681. The molecule has 0 aliphatic rings. The third kappa shape index (κ3) is 36.2. The lowest BCUT2D eigenvalue weighted by Crippen LogP contribution is -2.50. The van der Waals surface area contributed by atoms with Gasteiger partial charge in [-0.1, -0.05) is 138 Å². The maximum atomic E-state index is 12.6. The summed E-state index contributed by atoms with van der Waals surface area (Å²) < 4.78 is 17.1. The van der Waals surface area contributed by atoms with E-state index in [1.807, 2.05) is 27.2 Å². The smallest absolute Gasteiger partial charge is 0.362 e. The Balaban J connectivity index is 4.25. The number of nitrogens with zero attached hydrogens (tertiary/aromatic N) is 1. The second kappa shape index (κ2) is 37.7. The Morgan fingerprint density at radius 3 is 1.60 bits per heavy atom. The summed E-state index contributed by atoms with van der Waals surface area (Å²) in [5.74, 6) is -1.56. The molecule has 8 nitrogen and oxygen atoms in total. The third-order valence-electron chi connectivity index (χ3n) is 9.10. The van der Waals surface area contributed by atoms with E-state index in [-0.39, 0.29) is 42.7 Å². The van der Waals surface area contributed by atoms with Gasteiger partial charge >= 0.3 is 17.9 Å². The van der Waals surface area contributed by atoms with Crippen LogP contribution < -0.4 is 0 Å². The van der Waals surface area contributed by atoms with Crippen molar-refractivity contribution < 1.29 is 38.2 Å². The number of hydrogen-bond donors (Lipinski definition) is 1. The van der Waals surface area contributed by atoms with Gasteiger partial charge in [0.1, 0.15) is 6.61 Å². The van der Waals surface area contributed by atoms with Gasteiger partial charge in [0.25, 0.3) is 0 Å². The first-order valence-corrected chi connectivity index (χ1v) is 21.5. The Kier molecular flexibility index (Phi) is 35.5. The van der Waals surface area contributed by atoms with Crippen LogP contribution in [0.2, 0.25) is 0 Å². The van der Waals surface area contributed by atoms with Crippen molar-refractivity contribution in [1.82, 2.24) is 0 Å². The molecular formula is C47H80NO7+. The normalized spacial score (nSPS) is 13.7. The third-order valence-corrected chi connectivity index (χ3v) is 9.10. The highest BCUT2D eigenvalue weighted by Gasteiger charge is 2.31. The van der Waals surface area contributed by atoms with Crippen LogP contribution in [0.15, 0.2) is 72.9 Å². The number of hydrogen-bond acceptors (Lipinski definition) is 6. The van der Waals surface area contributed by atoms with Crippen molar-refractivity contribution in [1.29, 1.82) is 0 Å². The van der Waals surface area contributed by atoms with Gasteiger partial charge in [-0.2, -0.15) is 0 Å². The number of aliphatic carboxylic acids is 1. The molecule has 8 heteroatoms. The summed E-state index contributed by atoms with van der Waals surface area (Å²) in [6, 6.07) is -0.623. The van der Waals surface area contributed by atoms with Crippen LogP contribution in [0.3, 0.4) is 0 Å². The van der Waals surface area contributed by atoms with Crippen LogP contribution in [-0.2, 0) is 28.6 Å². The zero-order valence-corrected chi connectivity index (χ0v) is 35.6. The largest absolute Gasteiger partial charge is 0.477 e. The first-order chi connectivity index (χ1) is 26.6. The Bertz CT molecular complexity index is 1130. The minimum atomic E-state index is -0.885. The van der Waals surface area contributed by atoms with Crippen molar-refractivity contribution in [2.75, 3.05) is 41.0 Å². The molecule has 55 heavy (non-hydrogen) atoms. The van der Waals surface area contributed by atoms with E-state index in [0.717, 1.165) is 70.6 Å². The van der Waals surface area contributed by atoms with E-state index in [9.17, 15) is 19.5 Å². The molecule has 0 aromatic rings. The molecule has 0 aliphatic heterocycles. The molecule has 0 aromatic heterocycles. The predicted octanol–water partition coefficient (Wildman–Crippen LogP) is 11.6. The number of ether oxygens (including phenoxy) is 3. The number of allylic oxidation sites excluding steroid dienone is 12. The van der Waals surface area contributed by atoms with Crippen molar-refractivity contribution in [2.45, 2.75) is 167 Å². The van der Waals surface area contributed by atoms with Crippen LogP contribution in [0.1, 0.15) is 155 Å².